The molecule has 0 bridgehead atoms. The van der Waals surface area contributed by atoms with Gasteiger partial charge in [0.25, 0.3) is 0 Å². The highest BCUT2D eigenvalue weighted by atomic mass is 79.9. The number of carbonyl (C=O) groups is 1. The molecule has 0 aliphatic heterocycles. The summed E-state index contributed by atoms with van der Waals surface area (Å²) in [5.74, 6) is -0.253. The number of hydrogen-bond donors (Lipinski definition) is 0. The number of hydrogen-bond acceptors (Lipinski definition) is 3. The molecule has 0 spiro atoms. The highest BCUT2D eigenvalue weighted by Crippen LogP contribution is 2.21. The third-order valence-corrected chi connectivity index (χ3v) is 2.96. The molecular weight excluding hydrogens is 248 g/mol. The molecule has 0 aliphatic rings. The van der Waals surface area contributed by atoms with E-state index in [0.717, 1.165) is 22.3 Å². The minimum Gasteiger partial charge on any atom is -0.469 e. The number of rotatable bonds is 3. The topological polar surface area (TPSA) is 44.1 Å². The number of carbonyl (C=O) groups excluding carboxylic acids is 1. The molecule has 0 aromatic carbocycles. The van der Waals surface area contributed by atoms with Crippen molar-refractivity contribution in [3.8, 4) is 0 Å². The van der Waals surface area contributed by atoms with Crippen molar-refractivity contribution in [1.29, 1.82) is 0 Å². The van der Waals surface area contributed by atoms with Gasteiger partial charge in [-0.25, -0.2) is 0 Å². The van der Waals surface area contributed by atoms with Crippen LogP contribution in [-0.2, 0) is 29.4 Å². The quantitative estimate of drug-likeness (QED) is 0.774. The number of nitrogens with zero attached hydrogens (tertiary/aromatic N) is 2. The number of methoxy groups -OCH3 is 1. The molecule has 0 amide bonds. The van der Waals surface area contributed by atoms with Crippen molar-refractivity contribution >= 4 is 21.9 Å². The van der Waals surface area contributed by atoms with Crippen LogP contribution in [0.4, 0.5) is 0 Å². The average molecular weight is 261 g/mol. The van der Waals surface area contributed by atoms with Crippen LogP contribution in [0.15, 0.2) is 4.47 Å². The summed E-state index contributed by atoms with van der Waals surface area (Å²) in [6.07, 6.45) is 1.09. The number of ether oxygens (including phenoxy) is 1. The van der Waals surface area contributed by atoms with Crippen LogP contribution in [0.1, 0.15) is 18.3 Å². The second kappa shape index (κ2) is 4.59. The van der Waals surface area contributed by atoms with Crippen LogP contribution in [0, 0.1) is 0 Å². The van der Waals surface area contributed by atoms with Crippen LogP contribution in [0.2, 0.25) is 0 Å². The molecule has 0 unspecified atom stereocenters. The summed E-state index contributed by atoms with van der Waals surface area (Å²) in [7, 11) is 3.20. The highest BCUT2D eigenvalue weighted by molar-refractivity contribution is 9.10. The Morgan fingerprint density at radius 3 is 2.71 bits per heavy atom. The van der Waals surface area contributed by atoms with E-state index >= 15 is 0 Å². The fraction of sp³-hybridized carbons (Fsp3) is 0.556. The fourth-order valence-corrected chi connectivity index (χ4v) is 1.98. The summed E-state index contributed by atoms with van der Waals surface area (Å²) >= 11 is 3.43. The van der Waals surface area contributed by atoms with Gasteiger partial charge in [0.05, 0.1) is 29.4 Å². The Balaban J connectivity index is 2.96. The number of aryl methyl sites for hydroxylation is 2. The molecular formula is C9H13BrN2O2. The van der Waals surface area contributed by atoms with E-state index in [0.29, 0.717) is 0 Å². The van der Waals surface area contributed by atoms with Crippen LogP contribution >= 0.6 is 15.9 Å². The summed E-state index contributed by atoms with van der Waals surface area (Å²) in [5, 5.41) is 4.28. The van der Waals surface area contributed by atoms with Gasteiger partial charge in [0.1, 0.15) is 0 Å². The summed E-state index contributed by atoms with van der Waals surface area (Å²) in [4.78, 5) is 11.1. The molecule has 4 nitrogen and oxygen atoms in total. The Bertz CT molecular complexity index is 347. The zero-order chi connectivity index (χ0) is 10.7. The van der Waals surface area contributed by atoms with Crippen LogP contribution in [0.25, 0.3) is 0 Å². The van der Waals surface area contributed by atoms with Crippen LogP contribution in [0.5, 0.6) is 0 Å². The number of esters is 1. The van der Waals surface area contributed by atoms with E-state index in [1.165, 1.54) is 7.11 Å². The SMILES string of the molecule is CCc1nn(C)c(CC(=O)OC)c1Br. The van der Waals surface area contributed by atoms with Crippen molar-refractivity contribution < 1.29 is 9.53 Å². The van der Waals surface area contributed by atoms with E-state index in [-0.39, 0.29) is 12.4 Å². The lowest BCUT2D eigenvalue weighted by atomic mass is 10.2. The monoisotopic (exact) mass is 260 g/mol. The average Bonchev–Trinajstić information content (AvgIpc) is 2.44. The van der Waals surface area contributed by atoms with Gasteiger partial charge in [-0.2, -0.15) is 5.10 Å². The van der Waals surface area contributed by atoms with Crippen molar-refractivity contribution in [2.75, 3.05) is 7.11 Å². The number of aromatic nitrogens is 2. The van der Waals surface area contributed by atoms with Crippen molar-refractivity contribution in [2.24, 2.45) is 7.05 Å². The van der Waals surface area contributed by atoms with Gasteiger partial charge in [-0.3, -0.25) is 9.48 Å². The molecule has 1 aromatic heterocycles. The largest absolute Gasteiger partial charge is 0.469 e. The van der Waals surface area contributed by atoms with Crippen molar-refractivity contribution in [3.63, 3.8) is 0 Å². The lowest BCUT2D eigenvalue weighted by Crippen LogP contribution is -2.09. The van der Waals surface area contributed by atoms with Crippen molar-refractivity contribution in [1.82, 2.24) is 9.78 Å². The van der Waals surface area contributed by atoms with Gasteiger partial charge in [-0.1, -0.05) is 6.92 Å². The van der Waals surface area contributed by atoms with Crippen molar-refractivity contribution in [3.05, 3.63) is 15.9 Å². The molecule has 1 rings (SSSR count). The molecule has 0 atom stereocenters. The normalized spacial score (nSPS) is 10.3. The minimum atomic E-state index is -0.253. The van der Waals surface area contributed by atoms with Gasteiger partial charge in [0.2, 0.25) is 0 Å². The Labute approximate surface area is 91.4 Å². The maximum atomic E-state index is 11.1. The molecule has 0 saturated carbocycles. The van der Waals surface area contributed by atoms with Gasteiger partial charge in [0.15, 0.2) is 0 Å². The van der Waals surface area contributed by atoms with E-state index in [1.54, 1.807) is 4.68 Å². The molecule has 0 N–H and O–H groups in total. The lowest BCUT2D eigenvalue weighted by molar-refractivity contribution is -0.139. The maximum absolute atomic E-state index is 11.1. The Morgan fingerprint density at radius 2 is 2.29 bits per heavy atom. The third kappa shape index (κ3) is 2.15. The van der Waals surface area contributed by atoms with Crippen molar-refractivity contribution in [2.45, 2.75) is 19.8 Å². The van der Waals surface area contributed by atoms with Gasteiger partial charge in [0, 0.05) is 7.05 Å². The predicted molar refractivity (Wildman–Crippen MR) is 56.0 cm³/mol. The Morgan fingerprint density at radius 1 is 1.64 bits per heavy atom. The van der Waals surface area contributed by atoms with E-state index in [9.17, 15) is 4.79 Å². The zero-order valence-corrected chi connectivity index (χ0v) is 10.1. The third-order valence-electron chi connectivity index (χ3n) is 2.04. The first-order chi connectivity index (χ1) is 6.60. The summed E-state index contributed by atoms with van der Waals surface area (Å²) in [6.45, 7) is 2.02. The van der Waals surface area contributed by atoms with E-state index in [4.69, 9.17) is 0 Å². The van der Waals surface area contributed by atoms with Crippen LogP contribution in [-0.4, -0.2) is 22.9 Å². The van der Waals surface area contributed by atoms with E-state index in [2.05, 4.69) is 25.8 Å². The molecule has 1 aromatic rings. The molecule has 1 heterocycles. The minimum absolute atomic E-state index is 0.251. The number of halogens is 1. The molecule has 14 heavy (non-hydrogen) atoms. The smallest absolute Gasteiger partial charge is 0.311 e. The van der Waals surface area contributed by atoms with E-state index in [1.807, 2.05) is 14.0 Å². The molecule has 0 fully saturated rings. The Kier molecular flexibility index (Phi) is 3.69. The summed E-state index contributed by atoms with van der Waals surface area (Å²) < 4.78 is 7.22. The first-order valence-corrected chi connectivity index (χ1v) is 5.16. The second-order valence-corrected chi connectivity index (χ2v) is 3.73. The lowest BCUT2D eigenvalue weighted by Gasteiger charge is -2.00. The van der Waals surface area contributed by atoms with E-state index < -0.39 is 0 Å². The molecule has 0 radical (unpaired) electrons. The fourth-order valence-electron chi connectivity index (χ4n) is 1.22. The first-order valence-electron chi connectivity index (χ1n) is 4.37. The Hall–Kier alpha value is -0.840. The zero-order valence-electron chi connectivity index (χ0n) is 8.50. The van der Waals surface area contributed by atoms with Crippen LogP contribution < -0.4 is 0 Å². The maximum Gasteiger partial charge on any atom is 0.311 e. The van der Waals surface area contributed by atoms with Gasteiger partial charge >= 0.3 is 5.97 Å². The highest BCUT2D eigenvalue weighted by Gasteiger charge is 2.15. The van der Waals surface area contributed by atoms with Gasteiger partial charge in [-0.15, -0.1) is 0 Å². The van der Waals surface area contributed by atoms with Crippen LogP contribution in [0.3, 0.4) is 0 Å². The molecule has 0 saturated heterocycles. The summed E-state index contributed by atoms with van der Waals surface area (Å²) in [5.41, 5.74) is 1.82. The van der Waals surface area contributed by atoms with Gasteiger partial charge < -0.3 is 4.74 Å². The van der Waals surface area contributed by atoms with Gasteiger partial charge in [-0.05, 0) is 22.4 Å². The standard InChI is InChI=1S/C9H13BrN2O2/c1-4-6-9(10)7(12(2)11-6)5-8(13)14-3/h4-5H2,1-3H3. The molecule has 78 valence electrons. The molecule has 5 heteroatoms. The molecule has 0 aliphatic carbocycles. The summed E-state index contributed by atoms with van der Waals surface area (Å²) in [6, 6.07) is 0. The first kappa shape index (κ1) is 11.2. The predicted octanol–water partition coefficient (Wildman–Crippen LogP) is 1.46. The second-order valence-electron chi connectivity index (χ2n) is 2.94.